The lowest BCUT2D eigenvalue weighted by molar-refractivity contribution is -0.123. The van der Waals surface area contributed by atoms with Crippen molar-refractivity contribution in [1.29, 1.82) is 0 Å². The van der Waals surface area contributed by atoms with Crippen LogP contribution in [0.25, 0.3) is 0 Å². The van der Waals surface area contributed by atoms with Gasteiger partial charge in [0.2, 0.25) is 5.91 Å². The molecule has 1 aliphatic carbocycles. The lowest BCUT2D eigenvalue weighted by atomic mass is 10.1. The molecule has 0 heterocycles. The third-order valence-corrected chi connectivity index (χ3v) is 4.69. The number of carbonyl (C=O) groups is 1. The fourth-order valence-corrected chi connectivity index (χ4v) is 3.18. The molecule has 5 heteroatoms. The number of hydrogen-bond acceptors (Lipinski definition) is 3. The zero-order chi connectivity index (χ0) is 14.8. The first kappa shape index (κ1) is 15.7. The van der Waals surface area contributed by atoms with E-state index in [0.29, 0.717) is 17.3 Å². The molecule has 1 aliphatic rings. The van der Waals surface area contributed by atoms with E-state index in [1.807, 2.05) is 30.5 Å². The highest BCUT2D eigenvalue weighted by atomic mass is 35.5. The van der Waals surface area contributed by atoms with Crippen LogP contribution in [-0.2, 0) is 4.79 Å². The second-order valence-electron chi connectivity index (χ2n) is 5.65. The maximum Gasteiger partial charge on any atom is 0.223 e. The van der Waals surface area contributed by atoms with Crippen molar-refractivity contribution in [2.45, 2.75) is 24.9 Å². The van der Waals surface area contributed by atoms with Gasteiger partial charge in [0.15, 0.2) is 0 Å². The summed E-state index contributed by atoms with van der Waals surface area (Å²) in [6, 6.07) is 7.66. The van der Waals surface area contributed by atoms with Gasteiger partial charge >= 0.3 is 0 Å². The van der Waals surface area contributed by atoms with E-state index < -0.39 is 5.60 Å². The van der Waals surface area contributed by atoms with Gasteiger partial charge < -0.3 is 10.4 Å². The van der Waals surface area contributed by atoms with Crippen molar-refractivity contribution >= 4 is 29.3 Å². The van der Waals surface area contributed by atoms with E-state index in [2.05, 4.69) is 5.32 Å². The molecule has 0 aromatic heterocycles. The van der Waals surface area contributed by atoms with Crippen molar-refractivity contribution in [3.05, 3.63) is 34.9 Å². The molecule has 0 aliphatic heterocycles. The smallest absolute Gasteiger partial charge is 0.223 e. The van der Waals surface area contributed by atoms with Crippen molar-refractivity contribution in [2.24, 2.45) is 5.92 Å². The van der Waals surface area contributed by atoms with Gasteiger partial charge in [0.25, 0.3) is 0 Å². The van der Waals surface area contributed by atoms with Crippen LogP contribution in [0.3, 0.4) is 0 Å². The molecule has 110 valence electrons. The standard InChI is InChI=1S/C15H20ClNO2S/c1-15(19,9-20-2)8-17-14(18)13-7-12(13)10-3-5-11(16)6-4-10/h3-6,12-13,19H,7-9H2,1-2H3,(H,17,18)/t12-,13-,15+/m0/s1. The average Bonchev–Trinajstić information content (AvgIpc) is 3.17. The quantitative estimate of drug-likeness (QED) is 0.849. The Morgan fingerprint density at radius 2 is 2.15 bits per heavy atom. The van der Waals surface area contributed by atoms with Crippen molar-refractivity contribution in [3.63, 3.8) is 0 Å². The van der Waals surface area contributed by atoms with Crippen LogP contribution < -0.4 is 5.32 Å². The van der Waals surface area contributed by atoms with Crippen molar-refractivity contribution in [2.75, 3.05) is 18.6 Å². The van der Waals surface area contributed by atoms with Crippen LogP contribution in [0.4, 0.5) is 0 Å². The Labute approximate surface area is 129 Å². The summed E-state index contributed by atoms with van der Waals surface area (Å²) < 4.78 is 0. The Morgan fingerprint density at radius 1 is 1.50 bits per heavy atom. The predicted molar refractivity (Wildman–Crippen MR) is 84.3 cm³/mol. The lowest BCUT2D eigenvalue weighted by Crippen LogP contribution is -2.43. The molecule has 3 nitrogen and oxygen atoms in total. The van der Waals surface area contributed by atoms with E-state index in [-0.39, 0.29) is 17.7 Å². The largest absolute Gasteiger partial charge is 0.387 e. The van der Waals surface area contributed by atoms with Crippen LogP contribution in [-0.4, -0.2) is 35.2 Å². The molecule has 0 unspecified atom stereocenters. The van der Waals surface area contributed by atoms with Crippen LogP contribution >= 0.6 is 23.4 Å². The maximum absolute atomic E-state index is 12.1. The Balaban J connectivity index is 1.83. The number of nitrogens with one attached hydrogen (secondary N) is 1. The number of thioether (sulfide) groups is 1. The normalized spacial score (nSPS) is 24.0. The van der Waals surface area contributed by atoms with Crippen molar-refractivity contribution < 1.29 is 9.90 Å². The molecule has 20 heavy (non-hydrogen) atoms. The van der Waals surface area contributed by atoms with Crippen LogP contribution in [0.5, 0.6) is 0 Å². The summed E-state index contributed by atoms with van der Waals surface area (Å²) in [6.45, 7) is 2.05. The molecule has 1 amide bonds. The molecule has 0 spiro atoms. The van der Waals surface area contributed by atoms with Gasteiger partial charge in [0.05, 0.1) is 5.60 Å². The van der Waals surface area contributed by atoms with Crippen LogP contribution in [0.2, 0.25) is 5.02 Å². The summed E-state index contributed by atoms with van der Waals surface area (Å²) in [5.74, 6) is 0.962. The summed E-state index contributed by atoms with van der Waals surface area (Å²) in [6.07, 6.45) is 2.81. The fraction of sp³-hybridized carbons (Fsp3) is 0.533. The van der Waals surface area contributed by atoms with Crippen LogP contribution in [0.1, 0.15) is 24.8 Å². The number of rotatable bonds is 6. The lowest BCUT2D eigenvalue weighted by Gasteiger charge is -2.22. The number of carbonyl (C=O) groups excluding carboxylic acids is 1. The van der Waals surface area contributed by atoms with E-state index in [0.717, 1.165) is 12.0 Å². The minimum Gasteiger partial charge on any atom is -0.387 e. The molecular weight excluding hydrogens is 294 g/mol. The molecule has 1 saturated carbocycles. The molecule has 1 fully saturated rings. The average molecular weight is 314 g/mol. The Hall–Kier alpha value is -0.710. The van der Waals surface area contributed by atoms with Gasteiger partial charge in [-0.1, -0.05) is 23.7 Å². The molecule has 2 rings (SSSR count). The SMILES string of the molecule is CSC[C@](C)(O)CNC(=O)[C@H]1C[C@H]1c1ccc(Cl)cc1. The monoisotopic (exact) mass is 313 g/mol. The highest BCUT2D eigenvalue weighted by molar-refractivity contribution is 7.98. The molecule has 0 radical (unpaired) electrons. The molecule has 2 N–H and O–H groups in total. The second kappa shape index (κ2) is 6.37. The predicted octanol–water partition coefficient (Wildman–Crippen LogP) is 2.67. The second-order valence-corrected chi connectivity index (χ2v) is 6.95. The third-order valence-electron chi connectivity index (χ3n) is 3.52. The summed E-state index contributed by atoms with van der Waals surface area (Å²) in [4.78, 5) is 12.1. The van der Waals surface area contributed by atoms with Gasteiger partial charge in [-0.2, -0.15) is 11.8 Å². The molecule has 1 aromatic rings. The Kier molecular flexibility index (Phi) is 4.99. The van der Waals surface area contributed by atoms with Gasteiger partial charge in [-0.25, -0.2) is 0 Å². The summed E-state index contributed by atoms with van der Waals surface area (Å²) in [7, 11) is 0. The minimum atomic E-state index is -0.847. The first-order valence-electron chi connectivity index (χ1n) is 6.67. The zero-order valence-electron chi connectivity index (χ0n) is 11.7. The van der Waals surface area contributed by atoms with Crippen molar-refractivity contribution in [1.82, 2.24) is 5.32 Å². The zero-order valence-corrected chi connectivity index (χ0v) is 13.3. The third kappa shape index (κ3) is 4.14. The van der Waals surface area contributed by atoms with E-state index in [9.17, 15) is 9.90 Å². The van der Waals surface area contributed by atoms with Gasteiger partial charge in [0.1, 0.15) is 0 Å². The summed E-state index contributed by atoms with van der Waals surface area (Å²) in [5.41, 5.74) is 0.310. The fourth-order valence-electron chi connectivity index (χ4n) is 2.33. The molecule has 0 saturated heterocycles. The highest BCUT2D eigenvalue weighted by Crippen LogP contribution is 2.47. The van der Waals surface area contributed by atoms with E-state index in [4.69, 9.17) is 11.6 Å². The molecule has 0 bridgehead atoms. The van der Waals surface area contributed by atoms with Crippen LogP contribution in [0, 0.1) is 5.92 Å². The van der Waals surface area contributed by atoms with Crippen LogP contribution in [0.15, 0.2) is 24.3 Å². The maximum atomic E-state index is 12.1. The number of amides is 1. The van der Waals surface area contributed by atoms with Gasteiger partial charge in [0, 0.05) is 23.2 Å². The van der Waals surface area contributed by atoms with Gasteiger partial charge in [-0.15, -0.1) is 0 Å². The van der Waals surface area contributed by atoms with E-state index in [1.165, 1.54) is 0 Å². The highest BCUT2D eigenvalue weighted by Gasteiger charge is 2.44. The van der Waals surface area contributed by atoms with Gasteiger partial charge in [-0.3, -0.25) is 4.79 Å². The number of benzene rings is 1. The first-order valence-corrected chi connectivity index (χ1v) is 8.44. The molecule has 3 atom stereocenters. The summed E-state index contributed by atoms with van der Waals surface area (Å²) >= 11 is 7.43. The Morgan fingerprint density at radius 3 is 2.75 bits per heavy atom. The molecule has 1 aromatic carbocycles. The number of aliphatic hydroxyl groups is 1. The number of halogens is 1. The first-order chi connectivity index (χ1) is 9.43. The Bertz CT molecular complexity index is 475. The van der Waals surface area contributed by atoms with Gasteiger partial charge in [-0.05, 0) is 43.2 Å². The van der Waals surface area contributed by atoms with E-state index in [1.54, 1.807) is 18.7 Å². The number of hydrogen-bond donors (Lipinski definition) is 2. The van der Waals surface area contributed by atoms with Crippen molar-refractivity contribution in [3.8, 4) is 0 Å². The minimum absolute atomic E-state index is 0.0289. The molecular formula is C15H20ClNO2S. The van der Waals surface area contributed by atoms with E-state index >= 15 is 0 Å². The topological polar surface area (TPSA) is 49.3 Å². The summed E-state index contributed by atoms with van der Waals surface area (Å²) in [5, 5.41) is 13.6.